The second kappa shape index (κ2) is 5.36. The van der Waals surface area contributed by atoms with E-state index in [0.29, 0.717) is 13.0 Å². The van der Waals surface area contributed by atoms with Crippen molar-refractivity contribution in [3.63, 3.8) is 0 Å². The topological polar surface area (TPSA) is 78.9 Å². The van der Waals surface area contributed by atoms with Crippen LogP contribution < -0.4 is 5.32 Å². The predicted molar refractivity (Wildman–Crippen MR) is 68.9 cm³/mol. The van der Waals surface area contributed by atoms with Crippen LogP contribution in [0.15, 0.2) is 0 Å². The Labute approximate surface area is 113 Å². The zero-order chi connectivity index (χ0) is 14.0. The quantitative estimate of drug-likeness (QED) is 0.807. The normalized spacial score (nSPS) is 34.5. The summed E-state index contributed by atoms with van der Waals surface area (Å²) in [5.41, 5.74) is -1.07. The third-order valence-electron chi connectivity index (χ3n) is 4.39. The second-order valence-electron chi connectivity index (χ2n) is 5.65. The molecule has 1 heterocycles. The highest BCUT2D eigenvalue weighted by molar-refractivity contribution is 5.86. The van der Waals surface area contributed by atoms with Crippen LogP contribution in [0.5, 0.6) is 0 Å². The summed E-state index contributed by atoms with van der Waals surface area (Å²) in [5, 5.41) is 12.2. The van der Waals surface area contributed by atoms with Gasteiger partial charge in [-0.05, 0) is 39.0 Å². The Morgan fingerprint density at radius 1 is 1.42 bits per heavy atom. The number of hydrogen-bond acceptors (Lipinski definition) is 3. The molecule has 2 fully saturated rings. The lowest BCUT2D eigenvalue weighted by atomic mass is 10.00. The molecular weight excluding hydrogens is 248 g/mol. The number of nitrogens with one attached hydrogen (secondary N) is 1. The Morgan fingerprint density at radius 2 is 2.16 bits per heavy atom. The zero-order valence-electron chi connectivity index (χ0n) is 11.5. The summed E-state index contributed by atoms with van der Waals surface area (Å²) in [7, 11) is 1.68. The molecule has 2 aliphatic rings. The van der Waals surface area contributed by atoms with Crippen LogP contribution in [0, 0.1) is 0 Å². The van der Waals surface area contributed by atoms with Crippen molar-refractivity contribution >= 4 is 12.0 Å². The number of likely N-dealkylation sites (tertiary alicyclic amines) is 1. The lowest BCUT2D eigenvalue weighted by molar-refractivity contribution is -0.147. The molecule has 2 amide bonds. The van der Waals surface area contributed by atoms with Gasteiger partial charge in [0.1, 0.15) is 5.54 Å². The number of carbonyl (C=O) groups is 2. The molecule has 0 aromatic carbocycles. The van der Waals surface area contributed by atoms with Crippen molar-refractivity contribution in [1.29, 1.82) is 0 Å². The lowest BCUT2D eigenvalue weighted by Crippen LogP contribution is -2.55. The fourth-order valence-corrected chi connectivity index (χ4v) is 3.05. The second-order valence-corrected chi connectivity index (χ2v) is 5.65. The smallest absolute Gasteiger partial charge is 0.329 e. The highest BCUT2D eigenvalue weighted by Gasteiger charge is 2.46. The third kappa shape index (κ3) is 2.68. The van der Waals surface area contributed by atoms with Gasteiger partial charge >= 0.3 is 12.0 Å². The molecule has 0 aromatic heterocycles. The number of carbonyl (C=O) groups excluding carboxylic acids is 1. The van der Waals surface area contributed by atoms with Crippen LogP contribution in [0.4, 0.5) is 4.79 Å². The number of ether oxygens (including phenoxy) is 1. The standard InChI is InChI=1S/C13H22N2O4/c1-13(11(16)17)6-3-7-15(13)12(18)14-9-4-5-10(8-9)19-2/h9-10H,3-8H2,1-2H3,(H,14,18)(H,16,17). The fraction of sp³-hybridized carbons (Fsp3) is 0.846. The van der Waals surface area contributed by atoms with Gasteiger partial charge in [-0.15, -0.1) is 0 Å². The van der Waals surface area contributed by atoms with Gasteiger partial charge in [-0.25, -0.2) is 9.59 Å². The number of carboxylic acids is 1. The molecule has 108 valence electrons. The third-order valence-corrected chi connectivity index (χ3v) is 4.39. The summed E-state index contributed by atoms with van der Waals surface area (Å²) in [6, 6.07) is -0.166. The monoisotopic (exact) mass is 270 g/mol. The lowest BCUT2D eigenvalue weighted by Gasteiger charge is -2.32. The van der Waals surface area contributed by atoms with Gasteiger partial charge in [-0.2, -0.15) is 0 Å². The van der Waals surface area contributed by atoms with Crippen LogP contribution in [0.3, 0.4) is 0 Å². The van der Waals surface area contributed by atoms with Gasteiger partial charge in [-0.3, -0.25) is 0 Å². The average molecular weight is 270 g/mol. The maximum atomic E-state index is 12.2. The molecule has 0 spiro atoms. The predicted octanol–water partition coefficient (Wildman–Crippen LogP) is 1.20. The summed E-state index contributed by atoms with van der Waals surface area (Å²) in [4.78, 5) is 25.0. The van der Waals surface area contributed by atoms with E-state index >= 15 is 0 Å². The van der Waals surface area contributed by atoms with E-state index in [9.17, 15) is 14.7 Å². The molecule has 2 rings (SSSR count). The van der Waals surface area contributed by atoms with Gasteiger partial charge in [0.2, 0.25) is 0 Å². The Hall–Kier alpha value is -1.30. The van der Waals surface area contributed by atoms with Gasteiger partial charge in [0.05, 0.1) is 6.10 Å². The Bertz CT molecular complexity index is 374. The first-order chi connectivity index (χ1) is 8.97. The van der Waals surface area contributed by atoms with E-state index in [4.69, 9.17) is 4.74 Å². The molecule has 1 aliphatic heterocycles. The molecule has 0 aromatic rings. The van der Waals surface area contributed by atoms with Crippen LogP contribution in [0.1, 0.15) is 39.0 Å². The maximum absolute atomic E-state index is 12.2. The van der Waals surface area contributed by atoms with Crippen molar-refractivity contribution in [2.45, 2.75) is 56.7 Å². The highest BCUT2D eigenvalue weighted by atomic mass is 16.5. The van der Waals surface area contributed by atoms with Crippen molar-refractivity contribution in [3.05, 3.63) is 0 Å². The fourth-order valence-electron chi connectivity index (χ4n) is 3.05. The minimum atomic E-state index is -1.07. The molecule has 1 aliphatic carbocycles. The molecule has 3 atom stereocenters. The first-order valence-electron chi connectivity index (χ1n) is 6.81. The molecule has 6 heteroatoms. The minimum absolute atomic E-state index is 0.0936. The maximum Gasteiger partial charge on any atom is 0.329 e. The molecule has 0 bridgehead atoms. The van der Waals surface area contributed by atoms with Gasteiger partial charge in [0.15, 0.2) is 0 Å². The molecule has 2 N–H and O–H groups in total. The molecular formula is C13H22N2O4. The number of nitrogens with zero attached hydrogens (tertiary/aromatic N) is 1. The van der Waals surface area contributed by atoms with Crippen LogP contribution in [-0.2, 0) is 9.53 Å². The number of hydrogen-bond donors (Lipinski definition) is 2. The Balaban J connectivity index is 1.95. The summed E-state index contributed by atoms with van der Waals surface area (Å²) < 4.78 is 5.27. The molecule has 6 nitrogen and oxygen atoms in total. The number of rotatable bonds is 3. The first-order valence-corrected chi connectivity index (χ1v) is 6.81. The van der Waals surface area contributed by atoms with E-state index < -0.39 is 11.5 Å². The molecule has 1 saturated carbocycles. The van der Waals surface area contributed by atoms with Gasteiger partial charge in [0, 0.05) is 19.7 Å². The Morgan fingerprint density at radius 3 is 2.74 bits per heavy atom. The van der Waals surface area contributed by atoms with Gasteiger partial charge in [0.25, 0.3) is 0 Å². The van der Waals surface area contributed by atoms with Crippen LogP contribution >= 0.6 is 0 Å². The first kappa shape index (κ1) is 14.1. The largest absolute Gasteiger partial charge is 0.480 e. The van der Waals surface area contributed by atoms with E-state index in [1.165, 1.54) is 4.90 Å². The SMILES string of the molecule is COC1CCC(NC(=O)N2CCCC2(C)C(=O)O)C1. The summed E-state index contributed by atoms with van der Waals surface area (Å²) in [6.07, 6.45) is 4.09. The summed E-state index contributed by atoms with van der Waals surface area (Å²) >= 11 is 0. The van der Waals surface area contributed by atoms with E-state index in [0.717, 1.165) is 25.7 Å². The van der Waals surface area contributed by atoms with Crippen molar-refractivity contribution < 1.29 is 19.4 Å². The summed E-state index contributed by atoms with van der Waals surface area (Å²) in [5.74, 6) is -0.929. The molecule has 19 heavy (non-hydrogen) atoms. The number of amides is 2. The molecule has 1 saturated heterocycles. The molecule has 3 unspecified atom stereocenters. The van der Waals surface area contributed by atoms with Gasteiger partial charge in [-0.1, -0.05) is 0 Å². The van der Waals surface area contributed by atoms with Gasteiger partial charge < -0.3 is 20.1 Å². The average Bonchev–Trinajstić information content (AvgIpc) is 2.96. The van der Waals surface area contributed by atoms with Crippen LogP contribution in [-0.4, -0.2) is 53.3 Å². The van der Waals surface area contributed by atoms with Crippen molar-refractivity contribution in [2.24, 2.45) is 0 Å². The number of aliphatic carboxylic acids is 1. The van der Waals surface area contributed by atoms with Crippen molar-refractivity contribution in [3.8, 4) is 0 Å². The Kier molecular flexibility index (Phi) is 3.99. The zero-order valence-corrected chi connectivity index (χ0v) is 11.5. The van der Waals surface area contributed by atoms with E-state index in [1.54, 1.807) is 14.0 Å². The molecule has 0 radical (unpaired) electrons. The summed E-state index contributed by atoms with van der Waals surface area (Å²) in [6.45, 7) is 2.13. The number of urea groups is 1. The van der Waals surface area contributed by atoms with Crippen LogP contribution in [0.25, 0.3) is 0 Å². The highest BCUT2D eigenvalue weighted by Crippen LogP contribution is 2.30. The van der Waals surface area contributed by atoms with E-state index in [2.05, 4.69) is 5.32 Å². The van der Waals surface area contributed by atoms with E-state index in [1.807, 2.05) is 0 Å². The number of carboxylic acid groups (broad SMARTS) is 1. The minimum Gasteiger partial charge on any atom is -0.480 e. The van der Waals surface area contributed by atoms with Crippen molar-refractivity contribution in [1.82, 2.24) is 10.2 Å². The van der Waals surface area contributed by atoms with E-state index in [-0.39, 0.29) is 18.2 Å². The van der Waals surface area contributed by atoms with Crippen LogP contribution in [0.2, 0.25) is 0 Å². The number of methoxy groups -OCH3 is 1. The van der Waals surface area contributed by atoms with Crippen molar-refractivity contribution in [2.75, 3.05) is 13.7 Å².